The quantitative estimate of drug-likeness (QED) is 0.251. The van der Waals surface area contributed by atoms with Crippen LogP contribution < -0.4 is 17.2 Å². The fourth-order valence-corrected chi connectivity index (χ4v) is 0.715. The lowest BCUT2D eigenvalue weighted by Gasteiger charge is -2.05. The first-order valence-electron chi connectivity index (χ1n) is 5.66. The van der Waals surface area contributed by atoms with Gasteiger partial charge in [-0.3, -0.25) is 19.2 Å². The van der Waals surface area contributed by atoms with Gasteiger partial charge in [0.15, 0.2) is 0 Å². The van der Waals surface area contributed by atoms with Crippen LogP contribution in [0.5, 0.6) is 0 Å². The fourth-order valence-electron chi connectivity index (χ4n) is 0.715. The standard InChI is InChI=1S/C5H10N2O4.C5H9NO4/c6-1-4(8)11-2-3(7)5(9)10;6-3(5(9)10)1-2-4(7)8/h3H,1-2,6-7H2,(H,9,10);3H,1-2,6H2,(H,7,8)(H,9,10)/t2*3-/m00/s1. The largest absolute Gasteiger partial charge is 0.481 e. The van der Waals surface area contributed by atoms with E-state index in [1.165, 1.54) is 0 Å². The normalized spacial score (nSPS) is 12.3. The van der Waals surface area contributed by atoms with Crippen LogP contribution in [0.2, 0.25) is 0 Å². The van der Waals surface area contributed by atoms with Crippen LogP contribution in [-0.2, 0) is 23.9 Å². The predicted octanol–water partition coefficient (Wildman–Crippen LogP) is -2.84. The highest BCUT2D eigenvalue weighted by Crippen LogP contribution is 1.93. The summed E-state index contributed by atoms with van der Waals surface area (Å²) in [6.07, 6.45) is -0.224. The number of rotatable bonds is 8. The summed E-state index contributed by atoms with van der Waals surface area (Å²) in [7, 11) is 0. The molecule has 21 heavy (non-hydrogen) atoms. The maximum absolute atomic E-state index is 10.3. The highest BCUT2D eigenvalue weighted by molar-refractivity contribution is 5.75. The Hall–Kier alpha value is -2.24. The average molecular weight is 309 g/mol. The van der Waals surface area contributed by atoms with Crippen LogP contribution in [0.4, 0.5) is 0 Å². The molecule has 0 spiro atoms. The maximum atomic E-state index is 10.3. The minimum absolute atomic E-state index is 0.0231. The molecule has 9 N–H and O–H groups in total. The molecule has 0 radical (unpaired) electrons. The molecule has 0 aliphatic rings. The Morgan fingerprint density at radius 2 is 1.43 bits per heavy atom. The van der Waals surface area contributed by atoms with Crippen molar-refractivity contribution in [3.8, 4) is 0 Å². The first-order chi connectivity index (χ1) is 9.61. The van der Waals surface area contributed by atoms with Gasteiger partial charge in [-0.2, -0.15) is 0 Å². The lowest BCUT2D eigenvalue weighted by molar-refractivity contribution is -0.147. The summed E-state index contributed by atoms with van der Waals surface area (Å²) in [4.78, 5) is 40.3. The van der Waals surface area contributed by atoms with Crippen molar-refractivity contribution in [2.24, 2.45) is 17.2 Å². The van der Waals surface area contributed by atoms with Gasteiger partial charge in [0.05, 0.1) is 6.54 Å². The highest BCUT2D eigenvalue weighted by Gasteiger charge is 2.13. The number of carbonyl (C=O) groups excluding carboxylic acids is 1. The van der Waals surface area contributed by atoms with Gasteiger partial charge in [0, 0.05) is 6.42 Å². The Morgan fingerprint density at radius 3 is 1.76 bits per heavy atom. The third-order valence-corrected chi connectivity index (χ3v) is 1.89. The van der Waals surface area contributed by atoms with Crippen LogP contribution in [0.25, 0.3) is 0 Å². The molecule has 0 saturated heterocycles. The molecule has 0 aliphatic carbocycles. The fraction of sp³-hybridized carbons (Fsp3) is 0.600. The van der Waals surface area contributed by atoms with E-state index in [0.717, 1.165) is 0 Å². The minimum Gasteiger partial charge on any atom is -0.481 e. The lowest BCUT2D eigenvalue weighted by Crippen LogP contribution is -2.36. The van der Waals surface area contributed by atoms with Crippen molar-refractivity contribution in [1.29, 1.82) is 0 Å². The second kappa shape index (κ2) is 11.6. The number of hydrogen-bond acceptors (Lipinski definition) is 8. The molecule has 2 atom stereocenters. The number of carboxylic acid groups (broad SMARTS) is 3. The van der Waals surface area contributed by atoms with E-state index < -0.39 is 36.0 Å². The SMILES string of the molecule is NCC(=O)OC[C@H](N)C(=O)O.N[C@@H](CCC(=O)O)C(=O)O. The molecule has 11 heteroatoms. The van der Waals surface area contributed by atoms with E-state index in [9.17, 15) is 19.2 Å². The second-order valence-corrected chi connectivity index (χ2v) is 3.71. The van der Waals surface area contributed by atoms with E-state index in [2.05, 4.69) is 4.74 Å². The average Bonchev–Trinajstić information content (AvgIpc) is 2.41. The van der Waals surface area contributed by atoms with Crippen molar-refractivity contribution in [3.05, 3.63) is 0 Å². The summed E-state index contributed by atoms with van der Waals surface area (Å²) in [5.41, 5.74) is 14.9. The van der Waals surface area contributed by atoms with Crippen LogP contribution in [0.1, 0.15) is 12.8 Å². The minimum atomic E-state index is -1.21. The summed E-state index contributed by atoms with van der Waals surface area (Å²) < 4.78 is 4.34. The number of nitrogens with two attached hydrogens (primary N) is 3. The van der Waals surface area contributed by atoms with Crippen molar-refractivity contribution in [3.63, 3.8) is 0 Å². The van der Waals surface area contributed by atoms with Crippen molar-refractivity contribution in [1.82, 2.24) is 0 Å². The first-order valence-corrected chi connectivity index (χ1v) is 5.66. The van der Waals surface area contributed by atoms with E-state index in [1.54, 1.807) is 0 Å². The van der Waals surface area contributed by atoms with Gasteiger partial charge in [0.2, 0.25) is 0 Å². The predicted molar refractivity (Wildman–Crippen MR) is 68.1 cm³/mol. The van der Waals surface area contributed by atoms with Gasteiger partial charge in [-0.15, -0.1) is 0 Å². The van der Waals surface area contributed by atoms with Gasteiger partial charge in [0.25, 0.3) is 0 Å². The molecule has 11 nitrogen and oxygen atoms in total. The van der Waals surface area contributed by atoms with E-state index in [1.807, 2.05) is 0 Å². The zero-order valence-corrected chi connectivity index (χ0v) is 11.1. The summed E-state index contributed by atoms with van der Waals surface area (Å²) in [5.74, 6) is -4.07. The van der Waals surface area contributed by atoms with Crippen LogP contribution in [0.3, 0.4) is 0 Å². The smallest absolute Gasteiger partial charge is 0.324 e. The highest BCUT2D eigenvalue weighted by atomic mass is 16.5. The van der Waals surface area contributed by atoms with Crippen molar-refractivity contribution in [2.45, 2.75) is 24.9 Å². The maximum Gasteiger partial charge on any atom is 0.324 e. The number of carboxylic acids is 3. The zero-order chi connectivity index (χ0) is 17.0. The molecular formula is C10H19N3O8. The molecule has 0 saturated carbocycles. The zero-order valence-electron chi connectivity index (χ0n) is 11.1. The Labute approximate surface area is 119 Å². The molecule has 0 aromatic rings. The summed E-state index contributed by atoms with van der Waals surface area (Å²) >= 11 is 0. The molecule has 0 aliphatic heterocycles. The molecule has 0 fully saturated rings. The van der Waals surface area contributed by atoms with E-state index in [-0.39, 0.29) is 26.0 Å². The molecule has 0 rings (SSSR count). The number of ether oxygens (including phenoxy) is 1. The van der Waals surface area contributed by atoms with E-state index in [4.69, 9.17) is 32.5 Å². The lowest BCUT2D eigenvalue weighted by atomic mass is 10.2. The van der Waals surface area contributed by atoms with Gasteiger partial charge in [-0.25, -0.2) is 0 Å². The van der Waals surface area contributed by atoms with E-state index in [0.29, 0.717) is 0 Å². The van der Waals surface area contributed by atoms with Crippen LogP contribution in [0.15, 0.2) is 0 Å². The second-order valence-electron chi connectivity index (χ2n) is 3.71. The molecule has 0 aromatic carbocycles. The molecule has 0 bridgehead atoms. The number of hydrogen-bond donors (Lipinski definition) is 6. The molecule has 0 unspecified atom stereocenters. The Bertz CT molecular complexity index is 373. The van der Waals surface area contributed by atoms with Crippen molar-refractivity contribution < 1.29 is 39.2 Å². The van der Waals surface area contributed by atoms with E-state index >= 15 is 0 Å². The Kier molecular flexibility index (Phi) is 11.6. The number of esters is 1. The molecule has 122 valence electrons. The van der Waals surface area contributed by atoms with Gasteiger partial charge in [-0.05, 0) is 6.42 Å². The molecule has 0 heterocycles. The van der Waals surface area contributed by atoms with Crippen molar-refractivity contribution >= 4 is 23.9 Å². The third kappa shape index (κ3) is 14.0. The first kappa shape index (κ1) is 21.1. The number of carbonyl (C=O) groups is 4. The topological polar surface area (TPSA) is 216 Å². The van der Waals surface area contributed by atoms with Crippen LogP contribution in [0, 0.1) is 0 Å². The van der Waals surface area contributed by atoms with Crippen LogP contribution >= 0.6 is 0 Å². The van der Waals surface area contributed by atoms with Gasteiger partial charge < -0.3 is 37.3 Å². The Morgan fingerprint density at radius 1 is 0.952 bits per heavy atom. The molecular weight excluding hydrogens is 290 g/mol. The van der Waals surface area contributed by atoms with Crippen LogP contribution in [-0.4, -0.2) is 64.4 Å². The summed E-state index contributed by atoms with van der Waals surface area (Å²) in [6.45, 7) is -0.613. The summed E-state index contributed by atoms with van der Waals surface area (Å²) in [5, 5.41) is 24.5. The van der Waals surface area contributed by atoms with Gasteiger partial charge in [0.1, 0.15) is 18.7 Å². The monoisotopic (exact) mass is 309 g/mol. The van der Waals surface area contributed by atoms with Crippen molar-refractivity contribution in [2.75, 3.05) is 13.2 Å². The Balaban J connectivity index is 0. The molecule has 0 amide bonds. The van der Waals surface area contributed by atoms with Gasteiger partial charge in [-0.1, -0.05) is 0 Å². The van der Waals surface area contributed by atoms with Gasteiger partial charge >= 0.3 is 23.9 Å². The third-order valence-electron chi connectivity index (χ3n) is 1.89. The summed E-state index contributed by atoms with van der Waals surface area (Å²) in [6, 6.07) is -2.23. The molecule has 0 aromatic heterocycles. The number of aliphatic carboxylic acids is 3.